The number of rotatable bonds is 12. The maximum Gasteiger partial charge on any atom is 0.242 e. The molecule has 8 nitrogen and oxygen atoms in total. The summed E-state index contributed by atoms with van der Waals surface area (Å²) in [7, 11) is -2.03. The number of halogens is 1. The van der Waals surface area contributed by atoms with Crippen LogP contribution < -0.4 is 14.4 Å². The summed E-state index contributed by atoms with van der Waals surface area (Å²) in [6, 6.07) is 13.4. The Morgan fingerprint density at radius 1 is 1.11 bits per heavy atom. The van der Waals surface area contributed by atoms with Gasteiger partial charge in [0.2, 0.25) is 21.8 Å². The molecule has 0 heterocycles. The third-order valence-electron chi connectivity index (χ3n) is 6.68. The van der Waals surface area contributed by atoms with Crippen molar-refractivity contribution in [2.75, 3.05) is 24.2 Å². The molecule has 1 unspecified atom stereocenters. The van der Waals surface area contributed by atoms with E-state index in [-0.39, 0.29) is 43.8 Å². The average molecular weight is 550 g/mol. The van der Waals surface area contributed by atoms with Crippen molar-refractivity contribution in [3.05, 3.63) is 59.1 Å². The summed E-state index contributed by atoms with van der Waals surface area (Å²) in [5.74, 6) is 0.188. The number of sulfonamides is 1. The third kappa shape index (κ3) is 8.10. The number of anilines is 1. The minimum Gasteiger partial charge on any atom is -0.497 e. The van der Waals surface area contributed by atoms with E-state index >= 15 is 0 Å². The number of amides is 2. The maximum atomic E-state index is 13.4. The monoisotopic (exact) mass is 549 g/mol. The summed E-state index contributed by atoms with van der Waals surface area (Å²) in [6.07, 6.45) is 5.58. The fourth-order valence-electron chi connectivity index (χ4n) is 4.54. The standard InChI is InChI=1S/C27H36ClN3O5S/c1-20(27(33)29-22-10-5-6-11-22)30(19-21-9-4-7-12-25(21)28)26(32)13-8-18-31(37(3,34)35)23-14-16-24(36-2)17-15-23/h4,7,9,12,14-17,20,22H,5-6,8,10-11,13,18-19H2,1-3H3,(H,29,33). The second-order valence-corrected chi connectivity index (χ2v) is 11.7. The van der Waals surface area contributed by atoms with E-state index in [2.05, 4.69) is 5.32 Å². The van der Waals surface area contributed by atoms with Gasteiger partial charge in [0.1, 0.15) is 11.8 Å². The van der Waals surface area contributed by atoms with Crippen molar-refractivity contribution < 1.29 is 22.7 Å². The van der Waals surface area contributed by atoms with Crippen LogP contribution in [0.15, 0.2) is 48.5 Å². The molecule has 3 rings (SSSR count). The Morgan fingerprint density at radius 3 is 2.35 bits per heavy atom. The normalized spacial score (nSPS) is 14.7. The Balaban J connectivity index is 1.72. The quantitative estimate of drug-likeness (QED) is 0.424. The van der Waals surface area contributed by atoms with Crippen LogP contribution in [0.25, 0.3) is 0 Å². The molecular weight excluding hydrogens is 514 g/mol. The molecule has 0 aromatic heterocycles. The average Bonchev–Trinajstić information content (AvgIpc) is 3.38. The van der Waals surface area contributed by atoms with E-state index in [0.29, 0.717) is 16.5 Å². The van der Waals surface area contributed by atoms with Crippen molar-refractivity contribution in [1.82, 2.24) is 10.2 Å². The zero-order valence-corrected chi connectivity index (χ0v) is 23.2. The minimum atomic E-state index is -3.57. The van der Waals surface area contributed by atoms with Crippen molar-refractivity contribution >= 4 is 39.1 Å². The van der Waals surface area contributed by atoms with Gasteiger partial charge < -0.3 is 15.0 Å². The highest BCUT2D eigenvalue weighted by molar-refractivity contribution is 7.92. The molecule has 1 saturated carbocycles. The first-order valence-corrected chi connectivity index (χ1v) is 14.8. The number of nitrogens with zero attached hydrogens (tertiary/aromatic N) is 2. The van der Waals surface area contributed by atoms with E-state index in [1.807, 2.05) is 18.2 Å². The summed E-state index contributed by atoms with van der Waals surface area (Å²) >= 11 is 6.36. The lowest BCUT2D eigenvalue weighted by molar-refractivity contribution is -0.140. The van der Waals surface area contributed by atoms with Crippen LogP contribution in [-0.2, 0) is 26.2 Å². The first-order chi connectivity index (χ1) is 17.6. The number of hydrogen-bond donors (Lipinski definition) is 1. The summed E-state index contributed by atoms with van der Waals surface area (Å²) in [5.41, 5.74) is 1.24. The van der Waals surface area contributed by atoms with Gasteiger partial charge in [-0.25, -0.2) is 8.42 Å². The van der Waals surface area contributed by atoms with Crippen LogP contribution in [0.2, 0.25) is 5.02 Å². The largest absolute Gasteiger partial charge is 0.497 e. The van der Waals surface area contributed by atoms with E-state index in [0.717, 1.165) is 37.5 Å². The molecule has 1 atom stereocenters. The second kappa shape index (κ2) is 13.1. The molecule has 202 valence electrons. The van der Waals surface area contributed by atoms with E-state index < -0.39 is 16.1 Å². The number of nitrogens with one attached hydrogen (secondary N) is 1. The Hall–Kier alpha value is -2.78. The highest BCUT2D eigenvalue weighted by Gasteiger charge is 2.29. The van der Waals surface area contributed by atoms with Gasteiger partial charge in [-0.3, -0.25) is 13.9 Å². The van der Waals surface area contributed by atoms with Gasteiger partial charge in [-0.05, 0) is 62.1 Å². The molecule has 2 aromatic rings. The van der Waals surface area contributed by atoms with Gasteiger partial charge in [0, 0.05) is 30.6 Å². The molecule has 2 amide bonds. The molecule has 0 saturated heterocycles. The lowest BCUT2D eigenvalue weighted by Gasteiger charge is -2.30. The van der Waals surface area contributed by atoms with Gasteiger partial charge in [-0.1, -0.05) is 42.6 Å². The van der Waals surface area contributed by atoms with E-state index in [4.69, 9.17) is 16.3 Å². The molecule has 1 N–H and O–H groups in total. The van der Waals surface area contributed by atoms with Gasteiger partial charge in [0.25, 0.3) is 0 Å². The summed E-state index contributed by atoms with van der Waals surface area (Å²) in [4.78, 5) is 28.0. The fraction of sp³-hybridized carbons (Fsp3) is 0.481. The highest BCUT2D eigenvalue weighted by Crippen LogP contribution is 2.24. The molecular formula is C27H36ClN3O5S. The first-order valence-electron chi connectivity index (χ1n) is 12.5. The number of carbonyl (C=O) groups is 2. The highest BCUT2D eigenvalue weighted by atomic mass is 35.5. The second-order valence-electron chi connectivity index (χ2n) is 9.42. The lowest BCUT2D eigenvalue weighted by Crippen LogP contribution is -2.49. The molecule has 1 aliphatic rings. The van der Waals surface area contributed by atoms with Crippen molar-refractivity contribution in [2.24, 2.45) is 0 Å². The molecule has 37 heavy (non-hydrogen) atoms. The van der Waals surface area contributed by atoms with Gasteiger partial charge in [0.05, 0.1) is 19.1 Å². The molecule has 0 spiro atoms. The summed E-state index contributed by atoms with van der Waals surface area (Å²) in [6.45, 7) is 2.03. The number of benzene rings is 2. The maximum absolute atomic E-state index is 13.4. The molecule has 0 aliphatic heterocycles. The van der Waals surface area contributed by atoms with Crippen molar-refractivity contribution in [3.63, 3.8) is 0 Å². The van der Waals surface area contributed by atoms with Crippen LogP contribution in [0, 0.1) is 0 Å². The molecule has 0 radical (unpaired) electrons. The van der Waals surface area contributed by atoms with Gasteiger partial charge >= 0.3 is 0 Å². The molecule has 2 aromatic carbocycles. The number of methoxy groups -OCH3 is 1. The third-order valence-corrected chi connectivity index (χ3v) is 8.24. The number of ether oxygens (including phenoxy) is 1. The van der Waals surface area contributed by atoms with Crippen LogP contribution >= 0.6 is 11.6 Å². The number of hydrogen-bond acceptors (Lipinski definition) is 5. The topological polar surface area (TPSA) is 96.0 Å². The van der Waals surface area contributed by atoms with Crippen LogP contribution in [0.3, 0.4) is 0 Å². The molecule has 1 fully saturated rings. The summed E-state index contributed by atoms with van der Waals surface area (Å²) < 4.78 is 31.4. The Kier molecular flexibility index (Phi) is 10.2. The van der Waals surface area contributed by atoms with Crippen molar-refractivity contribution in [1.29, 1.82) is 0 Å². The SMILES string of the molecule is COc1ccc(N(CCCC(=O)N(Cc2ccccc2Cl)C(C)C(=O)NC2CCCC2)S(C)(=O)=O)cc1. The Morgan fingerprint density at radius 2 is 1.76 bits per heavy atom. The number of carbonyl (C=O) groups excluding carboxylic acids is 2. The van der Waals surface area contributed by atoms with Crippen LogP contribution in [0.5, 0.6) is 5.75 Å². The molecule has 0 bridgehead atoms. The van der Waals surface area contributed by atoms with Crippen molar-refractivity contribution in [3.8, 4) is 5.75 Å². The Bertz CT molecular complexity index is 1170. The van der Waals surface area contributed by atoms with Crippen LogP contribution in [0.4, 0.5) is 5.69 Å². The minimum absolute atomic E-state index is 0.0771. The summed E-state index contributed by atoms with van der Waals surface area (Å²) in [5, 5.41) is 3.60. The van der Waals surface area contributed by atoms with Gasteiger partial charge in [-0.2, -0.15) is 0 Å². The van der Waals surface area contributed by atoms with E-state index in [1.165, 1.54) is 9.21 Å². The van der Waals surface area contributed by atoms with Gasteiger partial charge in [-0.15, -0.1) is 0 Å². The van der Waals surface area contributed by atoms with E-state index in [9.17, 15) is 18.0 Å². The lowest BCUT2D eigenvalue weighted by atomic mass is 10.1. The van der Waals surface area contributed by atoms with Crippen molar-refractivity contribution in [2.45, 2.75) is 64.1 Å². The predicted octanol–water partition coefficient (Wildman–Crippen LogP) is 4.37. The predicted molar refractivity (Wildman–Crippen MR) is 146 cm³/mol. The van der Waals surface area contributed by atoms with Crippen LogP contribution in [-0.4, -0.2) is 57.1 Å². The zero-order chi connectivity index (χ0) is 27.0. The Labute approximate surface area is 225 Å². The smallest absolute Gasteiger partial charge is 0.242 e. The first kappa shape index (κ1) is 28.8. The molecule has 1 aliphatic carbocycles. The molecule has 10 heteroatoms. The van der Waals surface area contributed by atoms with Gasteiger partial charge in [0.15, 0.2) is 0 Å². The fourth-order valence-corrected chi connectivity index (χ4v) is 5.70. The van der Waals surface area contributed by atoms with Crippen LogP contribution in [0.1, 0.15) is 51.0 Å². The van der Waals surface area contributed by atoms with E-state index in [1.54, 1.807) is 44.4 Å². The zero-order valence-electron chi connectivity index (χ0n) is 21.7.